The van der Waals surface area contributed by atoms with Crippen molar-refractivity contribution in [3.63, 3.8) is 0 Å². The predicted molar refractivity (Wildman–Crippen MR) is 130 cm³/mol. The molecule has 2 aromatic carbocycles. The molecule has 170 valence electrons. The van der Waals surface area contributed by atoms with Crippen LogP contribution < -0.4 is 0 Å². The molecule has 34 heavy (non-hydrogen) atoms. The SMILES string of the molecule is CCOC(=O)/C=C/c1c(C#N)c2c(C)cc(C)nc2n1C(c1ccccc1)c1ccc(F)cc1. The maximum atomic E-state index is 13.8. The number of esters is 1. The van der Waals surface area contributed by atoms with E-state index >= 15 is 0 Å². The Morgan fingerprint density at radius 3 is 2.47 bits per heavy atom. The van der Waals surface area contributed by atoms with Crippen LogP contribution in [-0.2, 0) is 9.53 Å². The van der Waals surface area contributed by atoms with Crippen molar-refractivity contribution in [1.82, 2.24) is 9.55 Å². The number of hydrogen-bond donors (Lipinski definition) is 0. The summed E-state index contributed by atoms with van der Waals surface area (Å²) in [6.45, 7) is 5.83. The van der Waals surface area contributed by atoms with Gasteiger partial charge in [0, 0.05) is 17.2 Å². The molecule has 2 heterocycles. The Balaban J connectivity index is 2.10. The molecular weight excluding hydrogens is 429 g/mol. The topological polar surface area (TPSA) is 67.9 Å². The minimum atomic E-state index is -0.498. The number of fused-ring (bicyclic) bond motifs is 1. The monoisotopic (exact) mass is 453 g/mol. The van der Waals surface area contributed by atoms with Gasteiger partial charge in [-0.15, -0.1) is 0 Å². The van der Waals surface area contributed by atoms with E-state index in [1.54, 1.807) is 25.1 Å². The largest absolute Gasteiger partial charge is 0.463 e. The van der Waals surface area contributed by atoms with Crippen molar-refractivity contribution in [2.45, 2.75) is 26.8 Å². The van der Waals surface area contributed by atoms with Crippen molar-refractivity contribution >= 4 is 23.1 Å². The van der Waals surface area contributed by atoms with Crippen molar-refractivity contribution in [2.75, 3.05) is 6.61 Å². The van der Waals surface area contributed by atoms with Crippen LogP contribution in [0.3, 0.4) is 0 Å². The van der Waals surface area contributed by atoms with E-state index in [4.69, 9.17) is 9.72 Å². The smallest absolute Gasteiger partial charge is 0.330 e. The van der Waals surface area contributed by atoms with Gasteiger partial charge in [0.05, 0.1) is 23.9 Å². The number of carbonyl (C=O) groups is 1. The molecule has 4 rings (SSSR count). The summed E-state index contributed by atoms with van der Waals surface area (Å²) in [5, 5.41) is 10.9. The number of rotatable bonds is 6. The Labute approximate surface area is 197 Å². The van der Waals surface area contributed by atoms with Gasteiger partial charge in [0.1, 0.15) is 17.5 Å². The zero-order valence-corrected chi connectivity index (χ0v) is 19.2. The third-order valence-corrected chi connectivity index (χ3v) is 5.65. The molecule has 0 saturated heterocycles. The highest BCUT2D eigenvalue weighted by atomic mass is 19.1. The van der Waals surface area contributed by atoms with Crippen molar-refractivity contribution in [3.8, 4) is 6.07 Å². The summed E-state index contributed by atoms with van der Waals surface area (Å²) in [6.07, 6.45) is 2.93. The van der Waals surface area contributed by atoms with Gasteiger partial charge in [-0.3, -0.25) is 0 Å². The summed E-state index contributed by atoms with van der Waals surface area (Å²) in [6, 6.07) is 19.9. The first kappa shape index (κ1) is 22.9. The number of hydrogen-bond acceptors (Lipinski definition) is 4. The van der Waals surface area contributed by atoms with E-state index in [2.05, 4.69) is 6.07 Å². The number of halogens is 1. The quantitative estimate of drug-likeness (QED) is 0.270. The van der Waals surface area contributed by atoms with Gasteiger partial charge in [-0.25, -0.2) is 14.2 Å². The van der Waals surface area contributed by atoms with E-state index in [1.807, 2.05) is 54.8 Å². The summed E-state index contributed by atoms with van der Waals surface area (Å²) in [5.74, 6) is -0.833. The third-order valence-electron chi connectivity index (χ3n) is 5.65. The first-order valence-corrected chi connectivity index (χ1v) is 11.0. The van der Waals surface area contributed by atoms with Crippen LogP contribution >= 0.6 is 0 Å². The molecule has 1 atom stereocenters. The van der Waals surface area contributed by atoms with Crippen LogP contribution in [0, 0.1) is 31.0 Å². The standard InChI is InChI=1S/C28H24FN3O2/c1-4-34-25(33)15-14-24-23(17-30)26-18(2)16-19(3)31-28(26)32(24)27(20-8-6-5-7-9-20)21-10-12-22(29)13-11-21/h5-16,27H,4H2,1-3H3/b15-14+. The summed E-state index contributed by atoms with van der Waals surface area (Å²) >= 11 is 0. The second-order valence-electron chi connectivity index (χ2n) is 7.97. The van der Waals surface area contributed by atoms with Crippen LogP contribution in [0.1, 0.15) is 46.6 Å². The molecule has 1 unspecified atom stereocenters. The molecule has 4 aromatic rings. The molecule has 0 radical (unpaired) electrons. The van der Waals surface area contributed by atoms with Gasteiger partial charge in [0.25, 0.3) is 0 Å². The highest BCUT2D eigenvalue weighted by Crippen LogP contribution is 2.37. The van der Waals surface area contributed by atoms with Gasteiger partial charge in [-0.05, 0) is 61.7 Å². The lowest BCUT2D eigenvalue weighted by Gasteiger charge is -2.23. The molecular formula is C28H24FN3O2. The van der Waals surface area contributed by atoms with Crippen molar-refractivity contribution in [3.05, 3.63) is 106 Å². The fourth-order valence-electron chi connectivity index (χ4n) is 4.31. The molecule has 0 aliphatic rings. The molecule has 0 aliphatic heterocycles. The highest BCUT2D eigenvalue weighted by molar-refractivity contribution is 5.94. The lowest BCUT2D eigenvalue weighted by Crippen LogP contribution is -2.15. The minimum Gasteiger partial charge on any atom is -0.463 e. The summed E-state index contributed by atoms with van der Waals surface area (Å²) in [5.41, 5.74) is 5.04. The molecule has 0 amide bonds. The summed E-state index contributed by atoms with van der Waals surface area (Å²) < 4.78 is 20.8. The van der Waals surface area contributed by atoms with Crippen LogP contribution in [0.15, 0.2) is 66.7 Å². The van der Waals surface area contributed by atoms with Crippen LogP contribution in [0.25, 0.3) is 17.1 Å². The summed E-state index contributed by atoms with van der Waals surface area (Å²) in [7, 11) is 0. The number of ether oxygens (including phenoxy) is 1. The fraction of sp³-hybridized carbons (Fsp3) is 0.179. The van der Waals surface area contributed by atoms with Gasteiger partial charge in [-0.2, -0.15) is 5.26 Å². The number of aryl methyl sites for hydroxylation is 2. The molecule has 0 saturated carbocycles. The Morgan fingerprint density at radius 1 is 1.15 bits per heavy atom. The maximum absolute atomic E-state index is 13.8. The average Bonchev–Trinajstić information content (AvgIpc) is 3.13. The maximum Gasteiger partial charge on any atom is 0.330 e. The molecule has 0 aliphatic carbocycles. The van der Waals surface area contributed by atoms with Gasteiger partial charge >= 0.3 is 5.97 Å². The second-order valence-corrected chi connectivity index (χ2v) is 7.97. The Hall–Kier alpha value is -4.24. The third kappa shape index (κ3) is 4.33. The number of pyridine rings is 1. The Kier molecular flexibility index (Phi) is 6.55. The molecule has 0 bridgehead atoms. The van der Waals surface area contributed by atoms with Crippen molar-refractivity contribution in [1.29, 1.82) is 5.26 Å². The average molecular weight is 454 g/mol. The highest BCUT2D eigenvalue weighted by Gasteiger charge is 2.26. The normalized spacial score (nSPS) is 12.1. The number of nitrogens with zero attached hydrogens (tertiary/aromatic N) is 3. The summed E-state index contributed by atoms with van der Waals surface area (Å²) in [4.78, 5) is 17.0. The molecule has 0 spiro atoms. The second kappa shape index (κ2) is 9.72. The van der Waals surface area contributed by atoms with Gasteiger partial charge < -0.3 is 9.30 Å². The molecule has 2 aromatic heterocycles. The van der Waals surface area contributed by atoms with Crippen molar-refractivity contribution < 1.29 is 13.9 Å². The first-order chi connectivity index (χ1) is 16.4. The number of nitriles is 1. The molecule has 0 fully saturated rings. The van der Waals surface area contributed by atoms with Crippen molar-refractivity contribution in [2.24, 2.45) is 0 Å². The lowest BCUT2D eigenvalue weighted by molar-refractivity contribution is -0.137. The lowest BCUT2D eigenvalue weighted by atomic mass is 9.98. The van der Waals surface area contributed by atoms with E-state index in [0.29, 0.717) is 16.9 Å². The number of benzene rings is 2. The van der Waals surface area contributed by atoms with Crippen LogP contribution in [0.2, 0.25) is 0 Å². The van der Waals surface area contributed by atoms with Gasteiger partial charge in [-0.1, -0.05) is 42.5 Å². The van der Waals surface area contributed by atoms with E-state index in [9.17, 15) is 14.4 Å². The van der Waals surface area contributed by atoms with Gasteiger partial charge in [0.2, 0.25) is 0 Å². The van der Waals surface area contributed by atoms with E-state index in [1.165, 1.54) is 18.2 Å². The zero-order valence-electron chi connectivity index (χ0n) is 19.2. The first-order valence-electron chi connectivity index (χ1n) is 11.0. The molecule has 0 N–H and O–H groups in total. The predicted octanol–water partition coefficient (Wildman–Crippen LogP) is 5.88. The van der Waals surface area contributed by atoms with Crippen LogP contribution in [0.4, 0.5) is 4.39 Å². The number of carbonyl (C=O) groups excluding carboxylic acids is 1. The Bertz CT molecular complexity index is 1410. The van der Waals surface area contributed by atoms with Gasteiger partial charge in [0.15, 0.2) is 0 Å². The molecule has 5 nitrogen and oxygen atoms in total. The van der Waals surface area contributed by atoms with E-state index < -0.39 is 12.0 Å². The Morgan fingerprint density at radius 2 is 1.82 bits per heavy atom. The fourth-order valence-corrected chi connectivity index (χ4v) is 4.31. The van der Waals surface area contributed by atoms with Crippen LogP contribution in [0.5, 0.6) is 0 Å². The molecule has 6 heteroatoms. The minimum absolute atomic E-state index is 0.249. The van der Waals surface area contributed by atoms with Crippen LogP contribution in [-0.4, -0.2) is 22.1 Å². The number of aromatic nitrogens is 2. The zero-order chi connectivity index (χ0) is 24.2. The van der Waals surface area contributed by atoms with E-state index in [0.717, 1.165) is 27.8 Å². The van der Waals surface area contributed by atoms with E-state index in [-0.39, 0.29) is 12.4 Å².